The predicted octanol–water partition coefficient (Wildman–Crippen LogP) is 4.23. The second-order valence-electron chi connectivity index (χ2n) is 7.80. The predicted molar refractivity (Wildman–Crippen MR) is 133 cm³/mol. The van der Waals surface area contributed by atoms with E-state index in [1.807, 2.05) is 6.92 Å². The Morgan fingerprint density at radius 3 is 2.41 bits per heavy atom. The molecule has 0 radical (unpaired) electrons. The van der Waals surface area contributed by atoms with Gasteiger partial charge in [-0.1, -0.05) is 54.7 Å². The van der Waals surface area contributed by atoms with Crippen LogP contribution in [0.15, 0.2) is 42.5 Å². The average molecular weight is 532 g/mol. The molecule has 2 amide bonds. The Balaban J connectivity index is 2.39. The highest BCUT2D eigenvalue weighted by atomic mass is 35.5. The number of carbonyl (C=O) groups is 2. The van der Waals surface area contributed by atoms with E-state index in [1.165, 1.54) is 43.3 Å². The summed E-state index contributed by atoms with van der Waals surface area (Å²) in [7, 11) is -3.94. The first-order valence-electron chi connectivity index (χ1n) is 10.7. The number of nitrogens with one attached hydrogen (secondary N) is 1. The van der Waals surface area contributed by atoms with Crippen LogP contribution >= 0.6 is 23.2 Å². The van der Waals surface area contributed by atoms with Gasteiger partial charge in [-0.05, 0) is 37.6 Å². The summed E-state index contributed by atoms with van der Waals surface area (Å²) in [4.78, 5) is 27.3. The molecule has 2 aromatic rings. The number of carbonyl (C=O) groups excluding carboxylic acids is 2. The first kappa shape index (κ1) is 27.9. The van der Waals surface area contributed by atoms with Gasteiger partial charge in [0.2, 0.25) is 21.8 Å². The molecular formula is C23H28Cl2FN3O4S. The van der Waals surface area contributed by atoms with E-state index >= 15 is 0 Å². The molecule has 2 rings (SSSR count). The van der Waals surface area contributed by atoms with Crippen LogP contribution in [0, 0.1) is 5.82 Å². The summed E-state index contributed by atoms with van der Waals surface area (Å²) in [6.45, 7) is 3.06. The van der Waals surface area contributed by atoms with Crippen LogP contribution in [-0.4, -0.2) is 50.5 Å². The summed E-state index contributed by atoms with van der Waals surface area (Å²) >= 11 is 12.1. The number of unbranched alkanes of at least 4 members (excludes halogenated alkanes) is 1. The SMILES string of the molecule is CCCCNC(=O)[C@@H](C)N(Cc1ccccc1F)C(=O)CN(c1ccc(Cl)cc1Cl)S(C)(=O)=O. The number of hydrogen-bond acceptors (Lipinski definition) is 4. The molecule has 0 saturated carbocycles. The Morgan fingerprint density at radius 1 is 1.15 bits per heavy atom. The van der Waals surface area contributed by atoms with Gasteiger partial charge in [-0.2, -0.15) is 0 Å². The lowest BCUT2D eigenvalue weighted by atomic mass is 10.1. The normalized spacial score (nSPS) is 12.2. The number of nitrogens with zero attached hydrogens (tertiary/aromatic N) is 2. The molecule has 0 saturated heterocycles. The fourth-order valence-corrected chi connectivity index (χ4v) is 4.63. The van der Waals surface area contributed by atoms with E-state index < -0.39 is 40.2 Å². The van der Waals surface area contributed by atoms with Gasteiger partial charge >= 0.3 is 0 Å². The zero-order chi connectivity index (χ0) is 25.5. The van der Waals surface area contributed by atoms with Gasteiger partial charge in [0, 0.05) is 23.7 Å². The van der Waals surface area contributed by atoms with Gasteiger partial charge < -0.3 is 10.2 Å². The maximum Gasteiger partial charge on any atom is 0.244 e. The minimum absolute atomic E-state index is 0.0386. The second kappa shape index (κ2) is 12.4. The van der Waals surface area contributed by atoms with Gasteiger partial charge in [0.05, 0.1) is 17.0 Å². The summed E-state index contributed by atoms with van der Waals surface area (Å²) < 4.78 is 40.3. The molecule has 0 aromatic heterocycles. The van der Waals surface area contributed by atoms with E-state index in [1.54, 1.807) is 6.07 Å². The highest BCUT2D eigenvalue weighted by molar-refractivity contribution is 7.92. The largest absolute Gasteiger partial charge is 0.354 e. The molecule has 34 heavy (non-hydrogen) atoms. The average Bonchev–Trinajstić information content (AvgIpc) is 2.76. The zero-order valence-electron chi connectivity index (χ0n) is 19.2. The second-order valence-corrected chi connectivity index (χ2v) is 10.5. The summed E-state index contributed by atoms with van der Waals surface area (Å²) in [5.74, 6) is -1.66. The number of hydrogen-bond donors (Lipinski definition) is 1. The fourth-order valence-electron chi connectivity index (χ4n) is 3.21. The quantitative estimate of drug-likeness (QED) is 0.439. The number of halogens is 3. The number of rotatable bonds is 11. The van der Waals surface area contributed by atoms with Crippen molar-refractivity contribution in [2.24, 2.45) is 0 Å². The van der Waals surface area contributed by atoms with Crippen molar-refractivity contribution in [3.05, 3.63) is 63.9 Å². The van der Waals surface area contributed by atoms with Crippen molar-refractivity contribution < 1.29 is 22.4 Å². The molecule has 7 nitrogen and oxygen atoms in total. The van der Waals surface area contributed by atoms with Crippen LogP contribution in [0.1, 0.15) is 32.3 Å². The molecule has 0 unspecified atom stereocenters. The first-order valence-corrected chi connectivity index (χ1v) is 13.3. The Kier molecular flexibility index (Phi) is 10.1. The lowest BCUT2D eigenvalue weighted by Gasteiger charge is -2.31. The van der Waals surface area contributed by atoms with E-state index in [0.29, 0.717) is 11.6 Å². The molecular weight excluding hydrogens is 504 g/mol. The highest BCUT2D eigenvalue weighted by Crippen LogP contribution is 2.30. The molecule has 186 valence electrons. The molecule has 0 fully saturated rings. The molecule has 2 aromatic carbocycles. The van der Waals surface area contributed by atoms with Crippen LogP contribution in [0.4, 0.5) is 10.1 Å². The van der Waals surface area contributed by atoms with Crippen LogP contribution in [0.25, 0.3) is 0 Å². The lowest BCUT2D eigenvalue weighted by Crippen LogP contribution is -2.51. The third-order valence-corrected chi connectivity index (χ3v) is 6.82. The molecule has 0 aliphatic rings. The summed E-state index contributed by atoms with van der Waals surface area (Å²) in [6.07, 6.45) is 2.57. The van der Waals surface area contributed by atoms with Crippen molar-refractivity contribution in [1.82, 2.24) is 10.2 Å². The molecule has 0 bridgehead atoms. The van der Waals surface area contributed by atoms with Crippen molar-refractivity contribution in [2.45, 2.75) is 39.3 Å². The van der Waals surface area contributed by atoms with Gasteiger partial charge in [0.25, 0.3) is 0 Å². The molecule has 1 N–H and O–H groups in total. The molecule has 0 aliphatic carbocycles. The van der Waals surface area contributed by atoms with Gasteiger partial charge in [-0.15, -0.1) is 0 Å². The van der Waals surface area contributed by atoms with Gasteiger partial charge in [-0.3, -0.25) is 13.9 Å². The molecule has 1 atom stereocenters. The third kappa shape index (κ3) is 7.58. The minimum Gasteiger partial charge on any atom is -0.354 e. The van der Waals surface area contributed by atoms with E-state index in [4.69, 9.17) is 23.2 Å². The highest BCUT2D eigenvalue weighted by Gasteiger charge is 2.31. The molecule has 0 aliphatic heterocycles. The van der Waals surface area contributed by atoms with Crippen molar-refractivity contribution in [3.8, 4) is 0 Å². The van der Waals surface area contributed by atoms with E-state index in [9.17, 15) is 22.4 Å². The summed E-state index contributed by atoms with van der Waals surface area (Å²) in [6, 6.07) is 9.10. The minimum atomic E-state index is -3.94. The lowest BCUT2D eigenvalue weighted by molar-refractivity contribution is -0.139. The third-order valence-electron chi connectivity index (χ3n) is 5.15. The molecule has 0 heterocycles. The number of anilines is 1. The summed E-state index contributed by atoms with van der Waals surface area (Å²) in [5, 5.41) is 3.09. The Bertz CT molecular complexity index is 1130. The van der Waals surface area contributed by atoms with Crippen molar-refractivity contribution in [3.63, 3.8) is 0 Å². The monoisotopic (exact) mass is 531 g/mol. The number of amides is 2. The number of benzene rings is 2. The van der Waals surface area contributed by atoms with E-state index in [0.717, 1.165) is 28.3 Å². The van der Waals surface area contributed by atoms with Crippen LogP contribution in [-0.2, 0) is 26.2 Å². The van der Waals surface area contributed by atoms with Crippen molar-refractivity contribution in [1.29, 1.82) is 0 Å². The Hall–Kier alpha value is -2.36. The van der Waals surface area contributed by atoms with Crippen LogP contribution in [0.3, 0.4) is 0 Å². The Labute approximate surface area is 209 Å². The van der Waals surface area contributed by atoms with E-state index in [2.05, 4.69) is 5.32 Å². The van der Waals surface area contributed by atoms with Crippen LogP contribution in [0.5, 0.6) is 0 Å². The van der Waals surface area contributed by atoms with Crippen molar-refractivity contribution in [2.75, 3.05) is 23.7 Å². The molecule has 11 heteroatoms. The van der Waals surface area contributed by atoms with Crippen molar-refractivity contribution >= 4 is 50.7 Å². The zero-order valence-corrected chi connectivity index (χ0v) is 21.6. The molecule has 0 spiro atoms. The van der Waals surface area contributed by atoms with E-state index in [-0.39, 0.29) is 22.8 Å². The topological polar surface area (TPSA) is 86.8 Å². The maximum absolute atomic E-state index is 14.4. The van der Waals surface area contributed by atoms with Crippen LogP contribution in [0.2, 0.25) is 10.0 Å². The fraction of sp³-hybridized carbons (Fsp3) is 0.391. The smallest absolute Gasteiger partial charge is 0.244 e. The summed E-state index contributed by atoms with van der Waals surface area (Å²) in [5.41, 5.74) is 0.257. The first-order chi connectivity index (χ1) is 16.0. The standard InChI is InChI=1S/C23H28Cl2FN3O4S/c1-4-5-12-27-23(31)16(2)28(14-17-8-6-7-9-20(17)26)22(30)15-29(34(3,32)33)21-11-10-18(24)13-19(21)25/h6-11,13,16H,4-5,12,14-15H2,1-3H3,(H,27,31)/t16-/m1/s1. The maximum atomic E-state index is 14.4. The van der Waals surface area contributed by atoms with Gasteiger partial charge in [0.15, 0.2) is 0 Å². The Morgan fingerprint density at radius 2 is 1.82 bits per heavy atom. The van der Waals surface area contributed by atoms with Gasteiger partial charge in [-0.25, -0.2) is 12.8 Å². The van der Waals surface area contributed by atoms with Gasteiger partial charge in [0.1, 0.15) is 18.4 Å². The van der Waals surface area contributed by atoms with Crippen LogP contribution < -0.4 is 9.62 Å². The number of sulfonamides is 1.